The summed E-state index contributed by atoms with van der Waals surface area (Å²) in [7, 11) is 0. The van der Waals surface area contributed by atoms with Crippen LogP contribution in [0.1, 0.15) is 27.9 Å². The minimum atomic E-state index is -0.399. The number of benzene rings is 2. The highest BCUT2D eigenvalue weighted by molar-refractivity contribution is 6.02. The molecule has 0 radical (unpaired) electrons. The van der Waals surface area contributed by atoms with E-state index < -0.39 is 5.75 Å². The van der Waals surface area contributed by atoms with Crippen LogP contribution in [0, 0.1) is 6.92 Å². The van der Waals surface area contributed by atoms with Gasteiger partial charge in [-0.25, -0.2) is 0 Å². The lowest BCUT2D eigenvalue weighted by Crippen LogP contribution is -2.03. The lowest BCUT2D eigenvalue weighted by atomic mass is 9.99. The fourth-order valence-electron chi connectivity index (χ4n) is 2.04. The molecule has 4 nitrogen and oxygen atoms in total. The van der Waals surface area contributed by atoms with Crippen molar-refractivity contribution in [2.45, 2.75) is 19.8 Å². The number of aryl methyl sites for hydroxylation is 1. The number of carbonyl (C=O) groups excluding carboxylic acids is 1. The smallest absolute Gasteiger partial charge is 0.170 e. The Morgan fingerprint density at radius 1 is 1.05 bits per heavy atom. The normalized spacial score (nSPS) is 10.4. The van der Waals surface area contributed by atoms with Crippen LogP contribution >= 0.6 is 0 Å². The Bertz CT molecular complexity index is 633. The zero-order valence-electron chi connectivity index (χ0n) is 11.1. The van der Waals surface area contributed by atoms with Gasteiger partial charge in [0.05, 0.1) is 0 Å². The van der Waals surface area contributed by atoms with Crippen molar-refractivity contribution in [3.05, 3.63) is 53.1 Å². The summed E-state index contributed by atoms with van der Waals surface area (Å²) in [5.41, 5.74) is 1.07. The van der Waals surface area contributed by atoms with Gasteiger partial charge in [-0.05, 0) is 18.9 Å². The number of Topliss-reactive ketones (excluding diaryl/α,β-unsaturated/α-hetero) is 1. The summed E-state index contributed by atoms with van der Waals surface area (Å²) >= 11 is 0. The average Bonchev–Trinajstić information content (AvgIpc) is 2.44. The Labute approximate surface area is 116 Å². The van der Waals surface area contributed by atoms with Gasteiger partial charge >= 0.3 is 0 Å². The van der Waals surface area contributed by atoms with E-state index in [1.165, 1.54) is 6.92 Å². The molecular formula is C16H16O4. The van der Waals surface area contributed by atoms with E-state index in [2.05, 4.69) is 0 Å². The fraction of sp³-hybridized carbons (Fsp3) is 0.188. The van der Waals surface area contributed by atoms with Gasteiger partial charge in [0.25, 0.3) is 0 Å². The first-order chi connectivity index (χ1) is 9.50. The lowest BCUT2D eigenvalue weighted by molar-refractivity contribution is 0.0977. The summed E-state index contributed by atoms with van der Waals surface area (Å²) in [6.07, 6.45) is 0.702. The molecule has 4 heteroatoms. The molecule has 0 unspecified atom stereocenters. The maximum atomic E-state index is 12.1. The first kappa shape index (κ1) is 13.9. The molecule has 104 valence electrons. The molecule has 0 fully saturated rings. The van der Waals surface area contributed by atoms with Gasteiger partial charge in [-0.2, -0.15) is 0 Å². The van der Waals surface area contributed by atoms with Crippen LogP contribution in [-0.4, -0.2) is 21.1 Å². The maximum absolute atomic E-state index is 12.1. The number of ketones is 1. The van der Waals surface area contributed by atoms with Crippen molar-refractivity contribution in [1.29, 1.82) is 0 Å². The molecule has 0 saturated heterocycles. The van der Waals surface area contributed by atoms with E-state index in [1.807, 2.05) is 30.3 Å². The summed E-state index contributed by atoms with van der Waals surface area (Å²) in [5, 5.41) is 29.1. The third-order valence-corrected chi connectivity index (χ3v) is 3.27. The van der Waals surface area contributed by atoms with Crippen LogP contribution in [0.15, 0.2) is 36.4 Å². The van der Waals surface area contributed by atoms with Crippen molar-refractivity contribution in [2.75, 3.05) is 0 Å². The van der Waals surface area contributed by atoms with Gasteiger partial charge in [0, 0.05) is 18.1 Å². The molecule has 0 aliphatic heterocycles. The van der Waals surface area contributed by atoms with Gasteiger partial charge in [0.1, 0.15) is 22.8 Å². The Morgan fingerprint density at radius 3 is 2.35 bits per heavy atom. The lowest BCUT2D eigenvalue weighted by Gasteiger charge is -2.10. The summed E-state index contributed by atoms with van der Waals surface area (Å²) in [6.45, 7) is 1.48. The monoisotopic (exact) mass is 272 g/mol. The van der Waals surface area contributed by atoms with E-state index in [4.69, 9.17) is 0 Å². The molecule has 0 atom stereocenters. The summed E-state index contributed by atoms with van der Waals surface area (Å²) in [6, 6.07) is 10.6. The van der Waals surface area contributed by atoms with Crippen LogP contribution < -0.4 is 0 Å². The van der Waals surface area contributed by atoms with Gasteiger partial charge in [-0.15, -0.1) is 0 Å². The van der Waals surface area contributed by atoms with Gasteiger partial charge in [0.2, 0.25) is 0 Å². The highest BCUT2D eigenvalue weighted by atomic mass is 16.3. The molecule has 0 bridgehead atoms. The highest BCUT2D eigenvalue weighted by Crippen LogP contribution is 2.37. The molecule has 2 rings (SSSR count). The topological polar surface area (TPSA) is 77.8 Å². The largest absolute Gasteiger partial charge is 0.507 e. The van der Waals surface area contributed by atoms with Crippen molar-refractivity contribution in [2.24, 2.45) is 0 Å². The number of carbonyl (C=O) groups is 1. The maximum Gasteiger partial charge on any atom is 0.170 e. The minimum absolute atomic E-state index is 0.128. The van der Waals surface area contributed by atoms with Crippen LogP contribution in [0.2, 0.25) is 0 Å². The molecule has 0 heterocycles. The molecule has 2 aromatic carbocycles. The Morgan fingerprint density at radius 2 is 1.70 bits per heavy atom. The van der Waals surface area contributed by atoms with E-state index in [1.54, 1.807) is 0 Å². The number of hydrogen-bond acceptors (Lipinski definition) is 4. The van der Waals surface area contributed by atoms with Crippen molar-refractivity contribution < 1.29 is 20.1 Å². The number of aromatic hydroxyl groups is 3. The van der Waals surface area contributed by atoms with Crippen LogP contribution in [0.4, 0.5) is 0 Å². The van der Waals surface area contributed by atoms with Gasteiger partial charge < -0.3 is 15.3 Å². The molecule has 0 aliphatic carbocycles. The van der Waals surface area contributed by atoms with Gasteiger partial charge in [-0.1, -0.05) is 30.3 Å². The molecule has 2 aromatic rings. The number of phenols is 3. The predicted octanol–water partition coefficient (Wildman–Crippen LogP) is 2.93. The Balaban J connectivity index is 2.20. The van der Waals surface area contributed by atoms with Gasteiger partial charge in [-0.3, -0.25) is 4.79 Å². The second-order valence-electron chi connectivity index (χ2n) is 4.67. The Kier molecular flexibility index (Phi) is 3.94. The third-order valence-electron chi connectivity index (χ3n) is 3.27. The summed E-state index contributed by atoms with van der Waals surface area (Å²) < 4.78 is 0. The molecule has 0 amide bonds. The van der Waals surface area contributed by atoms with Gasteiger partial charge in [0.15, 0.2) is 5.78 Å². The zero-order chi connectivity index (χ0) is 14.7. The molecule has 0 spiro atoms. The second kappa shape index (κ2) is 5.65. The predicted molar refractivity (Wildman–Crippen MR) is 75.3 cm³/mol. The van der Waals surface area contributed by atoms with Crippen LogP contribution in [-0.2, 0) is 6.42 Å². The van der Waals surface area contributed by atoms with Crippen molar-refractivity contribution >= 4 is 5.78 Å². The van der Waals surface area contributed by atoms with Crippen LogP contribution in [0.25, 0.3) is 0 Å². The summed E-state index contributed by atoms with van der Waals surface area (Å²) in [5.74, 6) is -1.35. The van der Waals surface area contributed by atoms with Crippen molar-refractivity contribution in [3.8, 4) is 17.2 Å². The van der Waals surface area contributed by atoms with Crippen LogP contribution in [0.3, 0.4) is 0 Å². The fourth-order valence-corrected chi connectivity index (χ4v) is 2.04. The van der Waals surface area contributed by atoms with E-state index >= 15 is 0 Å². The number of phenolic OH excluding ortho intramolecular Hbond substituents is 3. The van der Waals surface area contributed by atoms with E-state index in [0.29, 0.717) is 6.42 Å². The van der Waals surface area contributed by atoms with Crippen molar-refractivity contribution in [3.63, 3.8) is 0 Å². The third kappa shape index (κ3) is 2.74. The molecular weight excluding hydrogens is 256 g/mol. The SMILES string of the molecule is Cc1c(O)cc(O)c(C(=O)CCc2ccccc2)c1O. The van der Waals surface area contributed by atoms with E-state index in [9.17, 15) is 20.1 Å². The molecule has 0 aromatic heterocycles. The first-order valence-corrected chi connectivity index (χ1v) is 6.32. The average molecular weight is 272 g/mol. The Hall–Kier alpha value is -2.49. The van der Waals surface area contributed by atoms with E-state index in [-0.39, 0.29) is 34.8 Å². The quantitative estimate of drug-likeness (QED) is 0.748. The zero-order valence-corrected chi connectivity index (χ0v) is 11.1. The molecule has 0 saturated carbocycles. The van der Waals surface area contributed by atoms with Crippen molar-refractivity contribution in [1.82, 2.24) is 0 Å². The molecule has 3 N–H and O–H groups in total. The second-order valence-corrected chi connectivity index (χ2v) is 4.67. The first-order valence-electron chi connectivity index (χ1n) is 6.32. The van der Waals surface area contributed by atoms with E-state index in [0.717, 1.165) is 11.6 Å². The summed E-state index contributed by atoms with van der Waals surface area (Å²) in [4.78, 5) is 12.1. The molecule has 20 heavy (non-hydrogen) atoms. The highest BCUT2D eigenvalue weighted by Gasteiger charge is 2.20. The minimum Gasteiger partial charge on any atom is -0.507 e. The number of rotatable bonds is 4. The van der Waals surface area contributed by atoms with Crippen LogP contribution in [0.5, 0.6) is 17.2 Å². The standard InChI is InChI=1S/C16H16O4/c1-10-13(18)9-14(19)15(16(10)20)12(17)8-7-11-5-3-2-4-6-11/h2-6,9,18-20H,7-8H2,1H3. The molecule has 0 aliphatic rings. The number of hydrogen-bond donors (Lipinski definition) is 3.